The van der Waals surface area contributed by atoms with Gasteiger partial charge in [0.1, 0.15) is 0 Å². The van der Waals surface area contributed by atoms with Gasteiger partial charge in [0.15, 0.2) is 0 Å². The molecule has 1 aromatic carbocycles. The van der Waals surface area contributed by atoms with Gasteiger partial charge in [-0.05, 0) is 44.5 Å². The molecular formula is C14H22N2. The van der Waals surface area contributed by atoms with Crippen LogP contribution in [0.1, 0.15) is 24.8 Å². The van der Waals surface area contributed by atoms with Gasteiger partial charge < -0.3 is 10.2 Å². The maximum Gasteiger partial charge on any atom is 0.0370 e. The summed E-state index contributed by atoms with van der Waals surface area (Å²) in [4.78, 5) is 2.56. The van der Waals surface area contributed by atoms with E-state index in [1.54, 1.807) is 0 Å². The third kappa shape index (κ3) is 3.24. The van der Waals surface area contributed by atoms with E-state index in [2.05, 4.69) is 41.4 Å². The minimum atomic E-state index is 1.06. The van der Waals surface area contributed by atoms with E-state index in [1.165, 1.54) is 50.1 Å². The number of piperidine rings is 1. The molecule has 1 N–H and O–H groups in total. The Hall–Kier alpha value is -1.02. The number of likely N-dealkylation sites (tertiary alicyclic amines) is 1. The maximum atomic E-state index is 3.52. The van der Waals surface area contributed by atoms with Crippen molar-refractivity contribution in [2.45, 2.75) is 26.2 Å². The predicted octanol–water partition coefficient (Wildman–Crippen LogP) is 2.89. The standard InChI is InChI=1S/C14H22N2/c1-13-7-3-4-8-14(13)15-9-12-16-10-5-2-6-11-16/h3-4,7-8,15H,2,5-6,9-12H2,1H3. The fraction of sp³-hybridized carbons (Fsp3) is 0.571. The zero-order valence-corrected chi connectivity index (χ0v) is 10.2. The van der Waals surface area contributed by atoms with Gasteiger partial charge in [0.05, 0.1) is 0 Å². The van der Waals surface area contributed by atoms with E-state index in [9.17, 15) is 0 Å². The summed E-state index contributed by atoms with van der Waals surface area (Å²) >= 11 is 0. The van der Waals surface area contributed by atoms with Gasteiger partial charge in [-0.2, -0.15) is 0 Å². The highest BCUT2D eigenvalue weighted by Crippen LogP contribution is 2.13. The first kappa shape index (κ1) is 11.5. The quantitative estimate of drug-likeness (QED) is 0.836. The van der Waals surface area contributed by atoms with Crippen LogP contribution in [-0.4, -0.2) is 31.1 Å². The highest BCUT2D eigenvalue weighted by Gasteiger charge is 2.08. The van der Waals surface area contributed by atoms with Crippen molar-refractivity contribution in [3.63, 3.8) is 0 Å². The van der Waals surface area contributed by atoms with Gasteiger partial charge in [-0.15, -0.1) is 0 Å². The molecule has 2 rings (SSSR count). The van der Waals surface area contributed by atoms with Crippen LogP contribution in [0.2, 0.25) is 0 Å². The van der Waals surface area contributed by atoms with Gasteiger partial charge in [-0.3, -0.25) is 0 Å². The van der Waals surface area contributed by atoms with Crippen molar-refractivity contribution in [3.05, 3.63) is 29.8 Å². The molecule has 2 nitrogen and oxygen atoms in total. The molecule has 2 heteroatoms. The molecule has 0 amide bonds. The normalized spacial score (nSPS) is 17.3. The van der Waals surface area contributed by atoms with Gasteiger partial charge in [0, 0.05) is 18.8 Å². The summed E-state index contributed by atoms with van der Waals surface area (Å²) in [5.74, 6) is 0. The summed E-state index contributed by atoms with van der Waals surface area (Å²) < 4.78 is 0. The number of aryl methyl sites for hydroxylation is 1. The summed E-state index contributed by atoms with van der Waals surface area (Å²) in [6.07, 6.45) is 4.18. The number of hydrogen-bond donors (Lipinski definition) is 1. The lowest BCUT2D eigenvalue weighted by atomic mass is 10.1. The maximum absolute atomic E-state index is 3.52. The molecule has 1 aliphatic heterocycles. The van der Waals surface area contributed by atoms with Crippen LogP contribution in [0.3, 0.4) is 0 Å². The third-order valence-electron chi connectivity index (χ3n) is 3.34. The van der Waals surface area contributed by atoms with Crippen molar-refractivity contribution < 1.29 is 0 Å². The Bertz CT molecular complexity index is 316. The second-order valence-electron chi connectivity index (χ2n) is 4.64. The van der Waals surface area contributed by atoms with Crippen molar-refractivity contribution in [1.29, 1.82) is 0 Å². The fourth-order valence-electron chi connectivity index (χ4n) is 2.30. The smallest absolute Gasteiger partial charge is 0.0370 e. The Morgan fingerprint density at radius 3 is 2.62 bits per heavy atom. The van der Waals surface area contributed by atoms with Crippen LogP contribution in [0.25, 0.3) is 0 Å². The molecule has 0 saturated carbocycles. The van der Waals surface area contributed by atoms with Crippen molar-refractivity contribution in [1.82, 2.24) is 4.90 Å². The van der Waals surface area contributed by atoms with E-state index >= 15 is 0 Å². The number of hydrogen-bond acceptors (Lipinski definition) is 2. The van der Waals surface area contributed by atoms with Crippen molar-refractivity contribution in [2.24, 2.45) is 0 Å². The predicted molar refractivity (Wildman–Crippen MR) is 70.0 cm³/mol. The molecule has 0 atom stereocenters. The Kier molecular flexibility index (Phi) is 4.23. The van der Waals surface area contributed by atoms with E-state index in [-0.39, 0.29) is 0 Å². The van der Waals surface area contributed by atoms with E-state index in [4.69, 9.17) is 0 Å². The minimum Gasteiger partial charge on any atom is -0.384 e. The van der Waals surface area contributed by atoms with Crippen LogP contribution in [0.4, 0.5) is 5.69 Å². The molecule has 88 valence electrons. The van der Waals surface area contributed by atoms with Gasteiger partial charge in [0.2, 0.25) is 0 Å². The monoisotopic (exact) mass is 218 g/mol. The zero-order chi connectivity index (χ0) is 11.2. The Morgan fingerprint density at radius 1 is 1.12 bits per heavy atom. The number of rotatable bonds is 4. The van der Waals surface area contributed by atoms with Crippen molar-refractivity contribution in [3.8, 4) is 0 Å². The van der Waals surface area contributed by atoms with E-state index in [1.807, 2.05) is 0 Å². The Balaban J connectivity index is 1.73. The van der Waals surface area contributed by atoms with Crippen molar-refractivity contribution in [2.75, 3.05) is 31.5 Å². The van der Waals surface area contributed by atoms with E-state index in [0.717, 1.165) is 6.54 Å². The van der Waals surface area contributed by atoms with Gasteiger partial charge in [-0.1, -0.05) is 24.6 Å². The highest BCUT2D eigenvalue weighted by atomic mass is 15.1. The van der Waals surface area contributed by atoms with Gasteiger partial charge in [0.25, 0.3) is 0 Å². The first-order valence-corrected chi connectivity index (χ1v) is 6.38. The molecule has 0 aromatic heterocycles. The molecule has 0 unspecified atom stereocenters. The Labute approximate surface area is 98.7 Å². The fourth-order valence-corrected chi connectivity index (χ4v) is 2.30. The third-order valence-corrected chi connectivity index (χ3v) is 3.34. The molecule has 1 heterocycles. The second kappa shape index (κ2) is 5.90. The molecule has 0 spiro atoms. The van der Waals surface area contributed by atoms with Crippen LogP contribution >= 0.6 is 0 Å². The Morgan fingerprint density at radius 2 is 1.88 bits per heavy atom. The average Bonchev–Trinajstić information content (AvgIpc) is 2.33. The molecule has 0 aliphatic carbocycles. The molecule has 1 aromatic rings. The lowest BCUT2D eigenvalue weighted by Gasteiger charge is -2.26. The number of nitrogens with one attached hydrogen (secondary N) is 1. The lowest BCUT2D eigenvalue weighted by Crippen LogP contribution is -2.33. The summed E-state index contributed by atoms with van der Waals surface area (Å²) in [5.41, 5.74) is 2.61. The summed E-state index contributed by atoms with van der Waals surface area (Å²) in [7, 11) is 0. The largest absolute Gasteiger partial charge is 0.384 e. The molecule has 1 aliphatic rings. The van der Waals surface area contributed by atoms with Crippen LogP contribution in [-0.2, 0) is 0 Å². The SMILES string of the molecule is Cc1ccccc1NCCN1CCCCC1. The molecule has 0 radical (unpaired) electrons. The second-order valence-corrected chi connectivity index (χ2v) is 4.64. The van der Waals surface area contributed by atoms with Crippen LogP contribution in [0.15, 0.2) is 24.3 Å². The van der Waals surface area contributed by atoms with Crippen LogP contribution in [0, 0.1) is 6.92 Å². The van der Waals surface area contributed by atoms with Gasteiger partial charge >= 0.3 is 0 Å². The summed E-state index contributed by atoms with van der Waals surface area (Å²) in [6.45, 7) is 6.97. The number of para-hydroxylation sites is 1. The number of nitrogens with zero attached hydrogens (tertiary/aromatic N) is 1. The molecule has 16 heavy (non-hydrogen) atoms. The zero-order valence-electron chi connectivity index (χ0n) is 10.2. The van der Waals surface area contributed by atoms with Gasteiger partial charge in [-0.25, -0.2) is 0 Å². The first-order chi connectivity index (χ1) is 7.86. The lowest BCUT2D eigenvalue weighted by molar-refractivity contribution is 0.237. The van der Waals surface area contributed by atoms with E-state index < -0.39 is 0 Å². The first-order valence-electron chi connectivity index (χ1n) is 6.38. The van der Waals surface area contributed by atoms with Crippen LogP contribution in [0.5, 0.6) is 0 Å². The molecular weight excluding hydrogens is 196 g/mol. The highest BCUT2D eigenvalue weighted by molar-refractivity contribution is 5.50. The molecule has 1 saturated heterocycles. The molecule has 1 fully saturated rings. The summed E-state index contributed by atoms with van der Waals surface area (Å²) in [5, 5.41) is 3.52. The minimum absolute atomic E-state index is 1.06. The molecule has 0 bridgehead atoms. The topological polar surface area (TPSA) is 15.3 Å². The average molecular weight is 218 g/mol. The number of anilines is 1. The number of benzene rings is 1. The van der Waals surface area contributed by atoms with E-state index in [0.29, 0.717) is 0 Å². The summed E-state index contributed by atoms with van der Waals surface area (Å²) in [6, 6.07) is 8.50. The van der Waals surface area contributed by atoms with Crippen LogP contribution < -0.4 is 5.32 Å². The van der Waals surface area contributed by atoms with Crippen molar-refractivity contribution >= 4 is 5.69 Å².